The second kappa shape index (κ2) is 20.7. The number of rotatable bonds is 14. The maximum absolute atomic E-state index is 17.5. The number of imidazole rings is 2. The fourth-order valence-corrected chi connectivity index (χ4v) is 14.0. The van der Waals surface area contributed by atoms with Crippen LogP contribution in [-0.4, -0.2) is 123 Å². The molecule has 3 N–H and O–H groups in total. The van der Waals surface area contributed by atoms with Crippen molar-refractivity contribution >= 4 is 80.6 Å². The van der Waals surface area contributed by atoms with Crippen LogP contribution in [0, 0.1) is 35.2 Å². The predicted molar refractivity (Wildman–Crippen MR) is 269 cm³/mol. The largest absolute Gasteiger partial charge is 0.475 e. The monoisotopic (exact) mass is 1100 g/mol. The van der Waals surface area contributed by atoms with Crippen LogP contribution in [0.5, 0.6) is 0 Å². The molecule has 4 aromatic heterocycles. The summed E-state index contributed by atoms with van der Waals surface area (Å²) < 4.78 is 87.4. The van der Waals surface area contributed by atoms with Gasteiger partial charge >= 0.3 is 14.5 Å². The average Bonchev–Trinajstić information content (AvgIpc) is 3.60. The third-order valence-electron chi connectivity index (χ3n) is 14.0. The Morgan fingerprint density at radius 2 is 1.81 bits per heavy atom. The lowest BCUT2D eigenvalue weighted by Gasteiger charge is -2.43. The Kier molecular flexibility index (Phi) is 15.0. The molecule has 9 rings (SSSR count). The first kappa shape index (κ1) is 53.6. The Bertz CT molecular complexity index is 3200. The molecule has 2 amide bonds. The molecule has 2 aliphatic heterocycles. The van der Waals surface area contributed by atoms with Crippen molar-refractivity contribution in [2.45, 2.75) is 108 Å². The first-order chi connectivity index (χ1) is 35.1. The van der Waals surface area contributed by atoms with Gasteiger partial charge in [0.1, 0.15) is 31.2 Å². The molecule has 0 bridgehead atoms. The summed E-state index contributed by atoms with van der Waals surface area (Å²) in [6, 6.07) is 9.63. The molecule has 74 heavy (non-hydrogen) atoms. The number of hydrogen-bond acceptors (Lipinski definition) is 19. The molecule has 2 aliphatic carbocycles. The van der Waals surface area contributed by atoms with E-state index < -0.39 is 113 Å². The van der Waals surface area contributed by atoms with E-state index in [1.807, 2.05) is 39.9 Å². The molecule has 1 spiro atoms. The van der Waals surface area contributed by atoms with Crippen LogP contribution in [0.15, 0.2) is 54.1 Å². The summed E-state index contributed by atoms with van der Waals surface area (Å²) >= 11 is 6.08. The molecule has 3 unspecified atom stereocenters. The molecule has 4 aliphatic rings. The summed E-state index contributed by atoms with van der Waals surface area (Å²) in [4.78, 5) is 67.5. The SMILES string of the molecule is [C-]#[N+]CCOP1(=S)OCC23C[C@@H]2[C@@H](n2cnc4c(=O)[nH]c(NC(=O)C(C)C)nc42)[C@H](O[Si](C)(C)C(C)(C)C)[C@@H]3OP(=O)(OCCC#N)OC[C@H]2O[C@@H](n3cnc4c(NC(=O)c5ccccc5)ncnc43)[C@H](F)[C@@H]2O1. The van der Waals surface area contributed by atoms with Crippen LogP contribution in [0.1, 0.15) is 70.1 Å². The summed E-state index contributed by atoms with van der Waals surface area (Å²) in [6.07, 6.45) is -5.00. The van der Waals surface area contributed by atoms with E-state index in [0.717, 1.165) is 0 Å². The van der Waals surface area contributed by atoms with E-state index in [0.29, 0.717) is 12.0 Å². The molecule has 2 saturated carbocycles. The topological polar surface area (TPSA) is 284 Å². The number of amides is 2. The van der Waals surface area contributed by atoms with Gasteiger partial charge in [0.15, 0.2) is 48.9 Å². The van der Waals surface area contributed by atoms with E-state index in [4.69, 9.17) is 54.7 Å². The fourth-order valence-electron chi connectivity index (χ4n) is 9.08. The van der Waals surface area contributed by atoms with Gasteiger partial charge in [-0.1, -0.05) is 52.8 Å². The van der Waals surface area contributed by atoms with Crippen LogP contribution < -0.4 is 16.2 Å². The summed E-state index contributed by atoms with van der Waals surface area (Å²) in [7, 11) is -7.68. The van der Waals surface area contributed by atoms with E-state index in [2.05, 4.69) is 45.4 Å². The molecule has 0 radical (unpaired) electrons. The number of anilines is 2. The predicted octanol–water partition coefficient (Wildman–Crippen LogP) is 7.01. The van der Waals surface area contributed by atoms with Gasteiger partial charge in [-0.15, -0.1) is 0 Å². The summed E-state index contributed by atoms with van der Waals surface area (Å²) in [6.45, 7) is 15.1. The van der Waals surface area contributed by atoms with Gasteiger partial charge < -0.3 is 32.9 Å². The number of phosphoric ester groups is 1. The van der Waals surface area contributed by atoms with Crippen LogP contribution >= 0.6 is 14.5 Å². The first-order valence-electron chi connectivity index (χ1n) is 23.8. The van der Waals surface area contributed by atoms with E-state index in [-0.39, 0.29) is 66.2 Å². The van der Waals surface area contributed by atoms with Crippen LogP contribution in [-0.2, 0) is 57.5 Å². The maximum atomic E-state index is 17.5. The third kappa shape index (κ3) is 10.4. The number of nitriles is 1. The lowest BCUT2D eigenvalue weighted by molar-refractivity contribution is -0.118. The molecule has 24 nitrogen and oxygen atoms in total. The van der Waals surface area contributed by atoms with Gasteiger partial charge in [0.25, 0.3) is 11.5 Å². The number of fused-ring (bicyclic) bond motifs is 3. The van der Waals surface area contributed by atoms with Crippen molar-refractivity contribution in [2.24, 2.45) is 17.3 Å². The first-order valence-corrected chi connectivity index (χ1v) is 30.7. The standard InChI is InChI=1S/C45H55FN12O12P2SSi/c1-25(2)39(59)55-43-54-38-31(41(61)56-43)52-23-57(38)32-27-19-45(27)21-66-72(73,64-18-16-48-6)68-33-28(20-65-71(62,63-17-12-15-47)69-35(45)34(32)70-74(7,8)44(3,4)5)67-42(29(33)46)58-24-51-30-36(49-22-50-37(30)58)53-40(60)26-13-10-9-11-14-26/h9-11,13-14,22-25,27-29,32-35,42H,12,16-21H2,1-5,7-8H3,(H,49,50,53,60)(H2,54,55,56,59,61)/t27-,28-,29-,32-,33-,34+,35+,42-,45?,71?,72?/m1/s1. The highest BCUT2D eigenvalue weighted by Gasteiger charge is 2.75. The molecule has 2 saturated heterocycles. The molecule has 5 aromatic rings. The number of nitrogens with one attached hydrogen (secondary N) is 3. The number of aromatic nitrogens is 8. The second-order valence-corrected chi connectivity index (χ2v) is 29.5. The zero-order chi connectivity index (χ0) is 53.0. The van der Waals surface area contributed by atoms with Crippen LogP contribution in [0.25, 0.3) is 27.2 Å². The minimum Gasteiger partial charge on any atom is -0.409 e. The Morgan fingerprint density at radius 1 is 1.07 bits per heavy atom. The normalized spacial score (nSPS) is 30.1. The number of H-pyrrole nitrogens is 1. The Hall–Kier alpha value is -5.25. The molecule has 29 heteroatoms. The van der Waals surface area contributed by atoms with Gasteiger partial charge in [0.05, 0.1) is 57.1 Å². The van der Waals surface area contributed by atoms with Crippen molar-refractivity contribution < 1.29 is 54.8 Å². The zero-order valence-corrected chi connectivity index (χ0v) is 45.0. The number of phosphoric acid groups is 1. The van der Waals surface area contributed by atoms with Gasteiger partial charge in [-0.05, 0) is 54.4 Å². The fraction of sp³-hybridized carbons (Fsp3) is 0.556. The highest BCUT2D eigenvalue weighted by molar-refractivity contribution is 8.07. The van der Waals surface area contributed by atoms with Crippen molar-refractivity contribution in [1.29, 1.82) is 5.26 Å². The van der Waals surface area contributed by atoms with Gasteiger partial charge in [-0.3, -0.25) is 47.3 Å². The molecular formula is C45H55FN12O12P2SSi. The number of carbonyl (C=O) groups is 2. The Morgan fingerprint density at radius 3 is 2.53 bits per heavy atom. The maximum Gasteiger partial charge on any atom is 0.475 e. The van der Waals surface area contributed by atoms with Gasteiger partial charge in [-0.25, -0.2) is 35.5 Å². The molecule has 4 fully saturated rings. The molecule has 6 heterocycles. The number of halogens is 1. The number of nitrogens with zero attached hydrogens (tertiary/aromatic N) is 9. The van der Waals surface area contributed by atoms with Crippen molar-refractivity contribution in [3.05, 3.63) is 76.6 Å². The Labute approximate surface area is 430 Å². The Balaban J connectivity index is 1.11. The number of ether oxygens (including phenoxy) is 1. The van der Waals surface area contributed by atoms with Gasteiger partial charge in [-0.2, -0.15) is 10.2 Å². The zero-order valence-electron chi connectivity index (χ0n) is 41.4. The van der Waals surface area contributed by atoms with Crippen LogP contribution in [0.2, 0.25) is 18.1 Å². The molecular weight excluding hydrogens is 1040 g/mol. The lowest BCUT2D eigenvalue weighted by Crippen LogP contribution is -2.50. The molecule has 1 aromatic carbocycles. The average molecular weight is 1100 g/mol. The van der Waals surface area contributed by atoms with E-state index >= 15 is 8.96 Å². The smallest absolute Gasteiger partial charge is 0.409 e. The number of carbonyl (C=O) groups excluding carboxylic acids is 2. The van der Waals surface area contributed by atoms with Gasteiger partial charge in [0.2, 0.25) is 18.4 Å². The molecule has 394 valence electrons. The summed E-state index contributed by atoms with van der Waals surface area (Å²) in [5, 5.41) is 14.5. The van der Waals surface area contributed by atoms with Crippen molar-refractivity contribution in [3.63, 3.8) is 0 Å². The number of benzene rings is 1. The van der Waals surface area contributed by atoms with Crippen molar-refractivity contribution in [3.8, 4) is 6.07 Å². The van der Waals surface area contributed by atoms with Crippen molar-refractivity contribution in [2.75, 3.05) is 43.6 Å². The minimum absolute atomic E-state index is 0.0284. The van der Waals surface area contributed by atoms with Crippen LogP contribution in [0.3, 0.4) is 0 Å². The second-order valence-electron chi connectivity index (χ2n) is 20.2. The number of hydrogen-bond donors (Lipinski definition) is 3. The van der Waals surface area contributed by atoms with Crippen molar-refractivity contribution in [1.82, 2.24) is 39.0 Å². The highest BCUT2D eigenvalue weighted by atomic mass is 32.5. The lowest BCUT2D eigenvalue weighted by atomic mass is 10.0. The highest BCUT2D eigenvalue weighted by Crippen LogP contribution is 2.74. The summed E-state index contributed by atoms with van der Waals surface area (Å²) in [5.41, 5.74) is -1.15. The number of alkyl halides is 1. The van der Waals surface area contributed by atoms with E-state index in [1.54, 1.807) is 48.7 Å². The molecule has 11 atom stereocenters. The number of aromatic amines is 1. The van der Waals surface area contributed by atoms with Gasteiger partial charge in [0, 0.05) is 16.9 Å². The minimum atomic E-state index is -4.84. The van der Waals surface area contributed by atoms with Crippen LogP contribution in [0.4, 0.5) is 16.2 Å². The van der Waals surface area contributed by atoms with E-state index in [1.165, 1.54) is 23.5 Å². The summed E-state index contributed by atoms with van der Waals surface area (Å²) in [5.74, 6) is -1.84. The quantitative estimate of drug-likeness (QED) is 0.0436. The van der Waals surface area contributed by atoms with E-state index in [9.17, 15) is 19.6 Å². The third-order valence-corrected chi connectivity index (χ3v) is 22.3.